The van der Waals surface area contributed by atoms with Crippen LogP contribution in [-0.2, 0) is 0 Å². The highest BCUT2D eigenvalue weighted by Gasteiger charge is 2.18. The summed E-state index contributed by atoms with van der Waals surface area (Å²) in [5, 5.41) is 6.79. The molecule has 2 N–H and O–H groups in total. The Balaban J connectivity index is 1.79. The van der Waals surface area contributed by atoms with Gasteiger partial charge >= 0.3 is 0 Å². The first-order chi connectivity index (χ1) is 9.24. The molecule has 0 aliphatic carbocycles. The second-order valence-electron chi connectivity index (χ2n) is 4.78. The molecule has 0 radical (unpaired) electrons. The molecule has 1 unspecified atom stereocenters. The van der Waals surface area contributed by atoms with E-state index in [9.17, 15) is 9.18 Å². The highest BCUT2D eigenvalue weighted by atomic mass is 32.1. The van der Waals surface area contributed by atoms with E-state index >= 15 is 0 Å². The van der Waals surface area contributed by atoms with Gasteiger partial charge in [0.25, 0.3) is 5.91 Å². The van der Waals surface area contributed by atoms with Gasteiger partial charge in [-0.15, -0.1) is 11.3 Å². The fraction of sp³-hybridized carbons (Fsp3) is 0.357. The van der Waals surface area contributed by atoms with Crippen LogP contribution in [0.5, 0.6) is 0 Å². The predicted octanol–water partition coefficient (Wildman–Crippen LogP) is 2.52. The molecule has 1 aliphatic heterocycles. The zero-order chi connectivity index (χ0) is 13.2. The fourth-order valence-corrected chi connectivity index (χ4v) is 3.35. The second kappa shape index (κ2) is 5.27. The van der Waals surface area contributed by atoms with Gasteiger partial charge in [-0.25, -0.2) is 4.39 Å². The molecule has 1 atom stereocenters. The van der Waals surface area contributed by atoms with Gasteiger partial charge in [-0.3, -0.25) is 4.79 Å². The number of hydrogen-bond acceptors (Lipinski definition) is 3. The third-order valence-corrected chi connectivity index (χ3v) is 4.46. The van der Waals surface area contributed by atoms with Gasteiger partial charge in [-0.2, -0.15) is 0 Å². The number of benzene rings is 1. The van der Waals surface area contributed by atoms with Crippen LogP contribution in [0, 0.1) is 5.82 Å². The number of halogens is 1. The first-order valence-electron chi connectivity index (χ1n) is 6.44. The lowest BCUT2D eigenvalue weighted by Gasteiger charge is -2.23. The van der Waals surface area contributed by atoms with Crippen LogP contribution in [0.1, 0.15) is 22.5 Å². The molecular weight excluding hydrogens is 263 g/mol. The zero-order valence-corrected chi connectivity index (χ0v) is 11.2. The molecule has 1 aromatic carbocycles. The smallest absolute Gasteiger partial charge is 0.261 e. The average molecular weight is 278 g/mol. The summed E-state index contributed by atoms with van der Waals surface area (Å²) in [5.41, 5.74) is 0. The van der Waals surface area contributed by atoms with E-state index in [-0.39, 0.29) is 17.8 Å². The number of thiophene rings is 1. The lowest BCUT2D eigenvalue weighted by atomic mass is 10.1. The van der Waals surface area contributed by atoms with Gasteiger partial charge in [0.1, 0.15) is 5.82 Å². The number of hydrogen-bond donors (Lipinski definition) is 2. The standard InChI is InChI=1S/C14H15FN2OS/c15-11-4-1-5-12-10(11)7-13(19-12)14(18)17-9-3-2-6-16-8-9/h1,4-5,7,9,16H,2-3,6,8H2,(H,17,18). The van der Waals surface area contributed by atoms with Crippen LogP contribution in [0.2, 0.25) is 0 Å². The van der Waals surface area contributed by atoms with Crippen LogP contribution < -0.4 is 10.6 Å². The molecule has 5 heteroatoms. The number of piperidine rings is 1. The minimum atomic E-state index is -0.271. The van der Waals surface area contributed by atoms with Gasteiger partial charge < -0.3 is 10.6 Å². The SMILES string of the molecule is O=C(NC1CCCNC1)c1cc2c(F)cccc2s1. The van der Waals surface area contributed by atoms with Crippen LogP contribution >= 0.6 is 11.3 Å². The molecule has 19 heavy (non-hydrogen) atoms. The van der Waals surface area contributed by atoms with Crippen molar-refractivity contribution in [3.05, 3.63) is 35.0 Å². The molecule has 2 heterocycles. The van der Waals surface area contributed by atoms with Crippen molar-refractivity contribution < 1.29 is 9.18 Å². The van der Waals surface area contributed by atoms with E-state index < -0.39 is 0 Å². The van der Waals surface area contributed by atoms with Crippen molar-refractivity contribution >= 4 is 27.3 Å². The Morgan fingerprint density at radius 1 is 1.47 bits per heavy atom. The maximum Gasteiger partial charge on any atom is 0.261 e. The highest BCUT2D eigenvalue weighted by Crippen LogP contribution is 2.27. The van der Waals surface area contributed by atoms with Crippen molar-refractivity contribution in [1.29, 1.82) is 0 Å². The van der Waals surface area contributed by atoms with E-state index in [1.54, 1.807) is 12.1 Å². The van der Waals surface area contributed by atoms with Crippen LogP contribution in [0.25, 0.3) is 10.1 Å². The highest BCUT2D eigenvalue weighted by molar-refractivity contribution is 7.20. The summed E-state index contributed by atoms with van der Waals surface area (Å²) in [4.78, 5) is 12.7. The van der Waals surface area contributed by atoms with Crippen LogP contribution in [0.3, 0.4) is 0 Å². The quantitative estimate of drug-likeness (QED) is 0.886. The minimum Gasteiger partial charge on any atom is -0.347 e. The Bertz CT molecular complexity index is 605. The van der Waals surface area contributed by atoms with E-state index in [0.717, 1.165) is 30.6 Å². The zero-order valence-electron chi connectivity index (χ0n) is 10.4. The molecule has 3 nitrogen and oxygen atoms in total. The Hall–Kier alpha value is -1.46. The summed E-state index contributed by atoms with van der Waals surface area (Å²) in [6, 6.07) is 6.74. The number of carbonyl (C=O) groups is 1. The first kappa shape index (κ1) is 12.6. The summed E-state index contributed by atoms with van der Waals surface area (Å²) in [6.45, 7) is 1.82. The maximum absolute atomic E-state index is 13.6. The Labute approximate surface area is 114 Å². The molecule has 0 bridgehead atoms. The van der Waals surface area contributed by atoms with Crippen LogP contribution in [-0.4, -0.2) is 25.0 Å². The van der Waals surface area contributed by atoms with Gasteiger partial charge in [-0.05, 0) is 37.6 Å². The summed E-state index contributed by atoms with van der Waals surface area (Å²) >= 11 is 1.34. The van der Waals surface area contributed by atoms with Gasteiger partial charge in [0, 0.05) is 22.7 Å². The number of nitrogens with one attached hydrogen (secondary N) is 2. The number of fused-ring (bicyclic) bond motifs is 1. The molecule has 0 spiro atoms. The largest absolute Gasteiger partial charge is 0.347 e. The molecule has 2 aromatic rings. The van der Waals surface area contributed by atoms with Gasteiger partial charge in [0.2, 0.25) is 0 Å². The third kappa shape index (κ3) is 2.62. The van der Waals surface area contributed by atoms with Gasteiger partial charge in [-0.1, -0.05) is 6.07 Å². The molecule has 0 saturated carbocycles. The summed E-state index contributed by atoms with van der Waals surface area (Å²) < 4.78 is 14.4. The normalized spacial score (nSPS) is 19.5. The van der Waals surface area contributed by atoms with E-state index in [1.165, 1.54) is 17.4 Å². The van der Waals surface area contributed by atoms with E-state index in [0.29, 0.717) is 10.3 Å². The van der Waals surface area contributed by atoms with Gasteiger partial charge in [0.15, 0.2) is 0 Å². The number of carbonyl (C=O) groups excluding carboxylic acids is 1. The minimum absolute atomic E-state index is 0.103. The lowest BCUT2D eigenvalue weighted by Crippen LogP contribution is -2.45. The van der Waals surface area contributed by atoms with E-state index in [1.807, 2.05) is 6.07 Å². The summed E-state index contributed by atoms with van der Waals surface area (Å²) in [7, 11) is 0. The van der Waals surface area contributed by atoms with Crippen molar-refractivity contribution in [3.8, 4) is 0 Å². The number of rotatable bonds is 2. The third-order valence-electron chi connectivity index (χ3n) is 3.36. The molecule has 3 rings (SSSR count). The van der Waals surface area contributed by atoms with Crippen molar-refractivity contribution in [2.75, 3.05) is 13.1 Å². The monoisotopic (exact) mass is 278 g/mol. The molecular formula is C14H15FN2OS. The lowest BCUT2D eigenvalue weighted by molar-refractivity contribution is 0.0935. The van der Waals surface area contributed by atoms with Crippen LogP contribution in [0.15, 0.2) is 24.3 Å². The second-order valence-corrected chi connectivity index (χ2v) is 5.86. The molecule has 1 amide bonds. The fourth-order valence-electron chi connectivity index (χ4n) is 2.37. The number of amides is 1. The summed E-state index contributed by atoms with van der Waals surface area (Å²) in [5.74, 6) is -0.374. The van der Waals surface area contributed by atoms with Gasteiger partial charge in [0.05, 0.1) is 4.88 Å². The average Bonchev–Trinajstić information content (AvgIpc) is 2.85. The van der Waals surface area contributed by atoms with E-state index in [4.69, 9.17) is 0 Å². The van der Waals surface area contributed by atoms with Crippen molar-refractivity contribution in [1.82, 2.24) is 10.6 Å². The van der Waals surface area contributed by atoms with Crippen molar-refractivity contribution in [3.63, 3.8) is 0 Å². The Kier molecular flexibility index (Phi) is 3.48. The molecule has 100 valence electrons. The molecule has 1 aliphatic rings. The van der Waals surface area contributed by atoms with Crippen LogP contribution in [0.4, 0.5) is 4.39 Å². The molecule has 1 fully saturated rings. The van der Waals surface area contributed by atoms with E-state index in [2.05, 4.69) is 10.6 Å². The molecule has 1 saturated heterocycles. The molecule has 1 aromatic heterocycles. The topological polar surface area (TPSA) is 41.1 Å². The summed E-state index contributed by atoms with van der Waals surface area (Å²) in [6.07, 6.45) is 2.07. The Morgan fingerprint density at radius 2 is 2.37 bits per heavy atom. The predicted molar refractivity (Wildman–Crippen MR) is 75.1 cm³/mol. The van der Waals surface area contributed by atoms with Crippen molar-refractivity contribution in [2.24, 2.45) is 0 Å². The first-order valence-corrected chi connectivity index (χ1v) is 7.25. The maximum atomic E-state index is 13.6. The Morgan fingerprint density at radius 3 is 3.11 bits per heavy atom. The van der Waals surface area contributed by atoms with Crippen molar-refractivity contribution in [2.45, 2.75) is 18.9 Å².